The predicted octanol–water partition coefficient (Wildman–Crippen LogP) is 6.59. The van der Waals surface area contributed by atoms with Crippen molar-refractivity contribution in [1.82, 2.24) is 28.9 Å². The number of amides is 3. The van der Waals surface area contributed by atoms with Crippen molar-refractivity contribution in [1.29, 1.82) is 0 Å². The summed E-state index contributed by atoms with van der Waals surface area (Å²) in [6, 6.07) is 15.4. The summed E-state index contributed by atoms with van der Waals surface area (Å²) in [5.41, 5.74) is -12.3. The number of alkyl carbamates (subject to hydrolysis) is 3. The molecule has 773 valence electrons. The van der Waals surface area contributed by atoms with E-state index in [1.807, 2.05) is 0 Å². The maximum Gasteiger partial charge on any atom is 0.414 e. The molecule has 0 spiro atoms. The van der Waals surface area contributed by atoms with Crippen LogP contribution >= 0.6 is 15.9 Å². The minimum atomic E-state index is -4.44. The number of fused-ring (bicyclic) bond motifs is 2. The van der Waals surface area contributed by atoms with Gasteiger partial charge in [0.25, 0.3) is 30.1 Å². The van der Waals surface area contributed by atoms with Crippen LogP contribution in [0.2, 0.25) is 0 Å². The molecule has 3 unspecified atom stereocenters. The molecule has 5 heterocycles. The number of halogens is 4. The second kappa shape index (κ2) is 80.7. The molecule has 59 heteroatoms. The Kier molecular flexibility index (Phi) is 131. The number of aliphatic hydroxyl groups is 2. The maximum atomic E-state index is 14.8. The van der Waals surface area contributed by atoms with Gasteiger partial charge in [-0.1, -0.05) is 52.3 Å². The van der Waals surface area contributed by atoms with Gasteiger partial charge in [0, 0.05) is 666 Å². The average molecular weight is 4250 g/mol. The van der Waals surface area contributed by atoms with Crippen LogP contribution in [0.15, 0.2) is 86.2 Å². The van der Waals surface area contributed by atoms with Crippen molar-refractivity contribution in [3.05, 3.63) is 105 Å². The van der Waals surface area contributed by atoms with E-state index in [0.717, 1.165) is 21.7 Å². The van der Waals surface area contributed by atoms with E-state index in [1.165, 1.54) is 68.7 Å². The zero-order valence-corrected chi connectivity index (χ0v) is 102. The molecule has 0 saturated carbocycles. The molecule has 113 heavy (non-hydrogen) atoms. The van der Waals surface area contributed by atoms with Crippen molar-refractivity contribution in [3.8, 4) is 0 Å². The van der Waals surface area contributed by atoms with Gasteiger partial charge in [-0.15, -0.1) is 0 Å². The third-order valence-electron chi connectivity index (χ3n) is 13.5. The number of benzene rings is 3. The summed E-state index contributed by atoms with van der Waals surface area (Å²) < 4.78 is 152. The summed E-state index contributed by atoms with van der Waals surface area (Å²) in [7, 11) is -9.02. The number of aliphatic hydroxyl groups excluding tert-OH is 2. The molecule has 25 nitrogen and oxygen atoms in total. The van der Waals surface area contributed by atoms with Crippen LogP contribution in [0.4, 0.5) is 27.6 Å². The van der Waals surface area contributed by atoms with Gasteiger partial charge in [0.1, 0.15) is 50.9 Å². The molecule has 0 bridgehead atoms. The SMILES string of the molecule is CN1C(NC(=O)OC(C)(C)C)=N[C@@]2(c3cc(Br)ccc3F)CCCOC2S1(=O)=O.CN1C(NC(=O)OC(C)(C)C)=N[C@@]2(c3ccccc3F)CCCOC2S1(=O)=O.CN1C(NC(=O)OC(C)(C)C)=N[C@](CCCO)(c2ccccc2F)C(O)S1(=O)=O.[Ag].[Ag].[Ag].[Ag].[Ag].[Ag].[Ag].[Ag].[Ag].[Ag].[Ag].[Ag].[Ag].[Ag].[Ag].[Ag].[Ag].[Ag].[Ag].[Ag].[Ag].[Ag].[Ag].[Ag].[Ag].[Ag].[Ag]. The smallest absolute Gasteiger partial charge is 0.414 e. The number of nitrogens with one attached hydrogen (secondary N) is 3. The quantitative estimate of drug-likeness (QED) is 0.128. The Morgan fingerprint density at radius 2 is 0.752 bits per heavy atom. The van der Waals surface area contributed by atoms with Gasteiger partial charge in [-0.2, -0.15) is 0 Å². The molecular weight excluding hydrogens is 4180 g/mol. The zero-order chi connectivity index (χ0) is 64.4. The molecule has 5 aliphatic rings. The zero-order valence-electron chi connectivity index (χ0n) is 57.6. The van der Waals surface area contributed by atoms with Crippen LogP contribution in [-0.2, 0) is 675 Å². The number of sulfonamides is 3. The van der Waals surface area contributed by atoms with E-state index in [4.69, 9.17) is 23.7 Å². The first-order chi connectivity index (χ1) is 39.7. The van der Waals surface area contributed by atoms with E-state index in [9.17, 15) is 63.0 Å². The summed E-state index contributed by atoms with van der Waals surface area (Å²) in [6.45, 7) is 15.1. The van der Waals surface area contributed by atoms with Gasteiger partial charge in [-0.25, -0.2) is 80.7 Å². The second-order valence-corrected chi connectivity index (χ2v) is 30.3. The molecule has 3 amide bonds. The molecule has 6 atom stereocenters. The Bertz CT molecular complexity index is 3580. The number of guanidine groups is 3. The minimum Gasteiger partial charge on any atom is -0.444 e. The van der Waals surface area contributed by atoms with Crippen molar-refractivity contribution in [2.45, 2.75) is 151 Å². The van der Waals surface area contributed by atoms with Crippen LogP contribution in [0.3, 0.4) is 0 Å². The van der Waals surface area contributed by atoms with Crippen LogP contribution in [0.1, 0.15) is 118 Å². The van der Waals surface area contributed by atoms with E-state index in [-0.39, 0.29) is 678 Å². The van der Waals surface area contributed by atoms with Gasteiger partial charge in [0.2, 0.25) is 34.2 Å². The monoisotopic (exact) mass is 4220 g/mol. The van der Waals surface area contributed by atoms with Crippen LogP contribution in [-0.4, -0.2) is 159 Å². The van der Waals surface area contributed by atoms with Gasteiger partial charge in [-0.05, 0) is 131 Å². The first-order valence-electron chi connectivity index (χ1n) is 26.9. The van der Waals surface area contributed by atoms with E-state index in [1.54, 1.807) is 68.4 Å². The van der Waals surface area contributed by atoms with Gasteiger partial charge in [-0.3, -0.25) is 16.0 Å². The van der Waals surface area contributed by atoms with Crippen molar-refractivity contribution in [3.63, 3.8) is 0 Å². The number of hydrogen-bond acceptors (Lipinski definition) is 19. The Morgan fingerprint density at radius 1 is 0.469 bits per heavy atom. The Labute approximate surface area is 1090 Å². The fourth-order valence-corrected chi connectivity index (χ4v) is 14.9. The van der Waals surface area contributed by atoms with E-state index < -0.39 is 121 Å². The summed E-state index contributed by atoms with van der Waals surface area (Å²) in [5, 5.41) is 27.0. The standard InChI is InChI=1S/C18H23BrFN3O5S.C18H26FN3O6S.C18H24FN3O5S.27Ag/c1-17(2,3)28-16(24)21-15-22-18(12-10-11(19)6-7-13(12)20)8-5-9-27-14(18)29(25,26)23(15)4;1-17(2,3)28-16(25)20-15-21-18(10-7-11-23,12-8-5-6-9-13(12)19)14(24)29(26,27)22(15)4;1-17(2,3)27-16(23)20-15-21-18(12-8-5-6-9-13(12)19)10-7-11-26-14(18)28(24,25)22(15)4;;;;;;;;;;;;;;;;;;;;;;;;;;;/h6-7,10,14H,5,8-9H2,1-4H3,(H,21,22,24);5-6,8-9,14,23-24H,7,10-11H2,1-4H3,(H,20,21,25);5-6,8-9,14H,7,10-11H2,1-4H3,(H,20,21,23);;;;;;;;;;;;;;;;;;;;;;;;;;;/t3*14?,18-;;;;;;;;;;;;;;;;;;;;;;;;;;;/m111.........................../s1. The fourth-order valence-electron chi connectivity index (χ4n) is 9.79. The van der Waals surface area contributed by atoms with Crippen LogP contribution < -0.4 is 16.0 Å². The number of hydrogen-bond donors (Lipinski definition) is 5. The first kappa shape index (κ1) is 183. The van der Waals surface area contributed by atoms with Crippen molar-refractivity contribution < 1.29 is 691 Å². The molecular formula is C54H73Ag27BrF3N9O16S3. The number of ether oxygens (including phenoxy) is 5. The van der Waals surface area contributed by atoms with Crippen LogP contribution in [0, 0.1) is 17.5 Å². The Hall–Kier alpha value is 13.8. The summed E-state index contributed by atoms with van der Waals surface area (Å²) in [6.07, 6.45) is -1.36. The van der Waals surface area contributed by atoms with Gasteiger partial charge < -0.3 is 33.9 Å². The number of carbonyl (C=O) groups excluding carboxylic acids is 3. The van der Waals surface area contributed by atoms with E-state index in [2.05, 4.69) is 46.9 Å². The van der Waals surface area contributed by atoms with Crippen LogP contribution in [0.25, 0.3) is 0 Å². The van der Waals surface area contributed by atoms with Gasteiger partial charge in [0.05, 0.1) is 0 Å². The third-order valence-corrected chi connectivity index (χ3v) is 19.9. The Balaban J connectivity index is -0.0000000491. The summed E-state index contributed by atoms with van der Waals surface area (Å²) in [5.74, 6) is -2.88. The number of nitrogens with zero attached hydrogens (tertiary/aromatic N) is 6. The number of carbonyl (C=O) groups is 3. The molecule has 27 radical (unpaired) electrons. The van der Waals surface area contributed by atoms with Crippen molar-refractivity contribution in [2.75, 3.05) is 41.0 Å². The fraction of sp³-hybridized carbons (Fsp3) is 0.556. The molecule has 5 aliphatic heterocycles. The van der Waals surface area contributed by atoms with Crippen LogP contribution in [0.5, 0.6) is 0 Å². The first-order valence-corrected chi connectivity index (χ1v) is 32.2. The molecule has 0 aromatic heterocycles. The Morgan fingerprint density at radius 3 is 1.06 bits per heavy atom. The summed E-state index contributed by atoms with van der Waals surface area (Å²) in [4.78, 5) is 49.9. The molecule has 3 aromatic rings. The molecule has 2 saturated heterocycles. The molecule has 8 rings (SSSR count). The molecule has 0 aliphatic carbocycles. The number of aliphatic imine (C=N–C) groups is 3. The van der Waals surface area contributed by atoms with Gasteiger partial charge >= 0.3 is 18.3 Å². The molecule has 3 aromatic carbocycles. The minimum absolute atomic E-state index is 0. The largest absolute Gasteiger partial charge is 0.444 e. The van der Waals surface area contributed by atoms with Crippen molar-refractivity contribution in [2.24, 2.45) is 15.0 Å². The molecule has 5 N–H and O–H groups in total. The topological polar surface area (TPSA) is 323 Å². The average Bonchev–Trinajstić information content (AvgIpc) is 0.732. The number of rotatable bonds is 6. The van der Waals surface area contributed by atoms with E-state index >= 15 is 0 Å². The third kappa shape index (κ3) is 50.3. The van der Waals surface area contributed by atoms with Gasteiger partial charge in [0.15, 0.2) is 0 Å². The normalized spacial score (nSPS) is 19.6. The second-order valence-electron chi connectivity index (χ2n) is 23.4. The van der Waals surface area contributed by atoms with Crippen molar-refractivity contribution >= 4 is 82.2 Å². The molecule has 2 fully saturated rings. The van der Waals surface area contributed by atoms with E-state index in [0.29, 0.717) is 21.6 Å². The maximum absolute atomic E-state index is 14.8. The predicted molar refractivity (Wildman–Crippen MR) is 313 cm³/mol. The summed E-state index contributed by atoms with van der Waals surface area (Å²) >= 11 is 3.30.